The third-order valence-electron chi connectivity index (χ3n) is 7.52. The molecule has 0 aromatic heterocycles. The molecule has 0 aliphatic carbocycles. The molecule has 0 unspecified atom stereocenters. The fourth-order valence-corrected chi connectivity index (χ4v) is 5.03. The molecule has 49 heavy (non-hydrogen) atoms. The summed E-state index contributed by atoms with van der Waals surface area (Å²) >= 11 is 0. The van der Waals surface area contributed by atoms with Crippen LogP contribution in [0.25, 0.3) is 0 Å². The van der Waals surface area contributed by atoms with Gasteiger partial charge in [0.2, 0.25) is 29.5 Å². The number of aliphatic imine (C=N–C) groups is 2. The van der Waals surface area contributed by atoms with Crippen LogP contribution in [-0.4, -0.2) is 90.4 Å². The molecule has 3 rings (SSSR count). The summed E-state index contributed by atoms with van der Waals surface area (Å²) in [5.74, 6) is -3.64. The fraction of sp³-hybridized carbons (Fsp3) is 0.406. The first-order chi connectivity index (χ1) is 23.4. The molecule has 1 aliphatic rings. The van der Waals surface area contributed by atoms with Crippen molar-refractivity contribution in [3.8, 4) is 5.75 Å². The monoisotopic (exact) mass is 679 g/mol. The van der Waals surface area contributed by atoms with Gasteiger partial charge in [0.25, 0.3) is 0 Å². The summed E-state index contributed by atoms with van der Waals surface area (Å²) in [4.78, 5) is 75.5. The fourth-order valence-electron chi connectivity index (χ4n) is 5.03. The Bertz CT molecular complexity index is 1490. The Labute approximate surface area is 283 Å². The number of carbonyl (C=O) groups is 5. The van der Waals surface area contributed by atoms with Crippen molar-refractivity contribution >= 4 is 41.5 Å². The second kappa shape index (κ2) is 19.1. The first-order valence-corrected chi connectivity index (χ1v) is 15.8. The molecule has 264 valence electrons. The lowest BCUT2D eigenvalue weighted by Crippen LogP contribution is -2.58. The zero-order valence-electron chi connectivity index (χ0n) is 27.1. The van der Waals surface area contributed by atoms with Gasteiger partial charge < -0.3 is 54.6 Å². The molecule has 17 heteroatoms. The number of nitrogens with zero attached hydrogens (tertiary/aromatic N) is 2. The van der Waals surface area contributed by atoms with Gasteiger partial charge in [-0.2, -0.15) is 0 Å². The van der Waals surface area contributed by atoms with Gasteiger partial charge in [-0.3, -0.25) is 34.0 Å². The lowest BCUT2D eigenvalue weighted by Gasteiger charge is -2.26. The number of hydrogen-bond donors (Lipinski definition) is 10. The standard InChI is InChI=1S/C32H45N11O6/c33-31(34)37-14-4-8-22-28(47)41-23(9-5-15-38-32(35)36)29(48)43-24(16-19-6-2-1-3-7-19)27(46)39-18-26(45)40-25(30(49)42-22)17-20-10-12-21(44)13-11-20/h1-3,6-7,10-13,22-25,44H,4-5,8-9,14-18H2,(H,39,46)(H,40,45)(H,41,47)(H,42,49)(H,43,48)(H4,33,34,37)(H4,35,36,38)/t22-,23-,24-,25+/m0/s1. The topological polar surface area (TPSA) is 295 Å². The minimum Gasteiger partial charge on any atom is -0.508 e. The van der Waals surface area contributed by atoms with Gasteiger partial charge in [-0.05, 0) is 48.9 Å². The largest absolute Gasteiger partial charge is 0.508 e. The van der Waals surface area contributed by atoms with Crippen molar-refractivity contribution in [2.24, 2.45) is 32.9 Å². The smallest absolute Gasteiger partial charge is 0.243 e. The predicted octanol–water partition coefficient (Wildman–Crippen LogP) is -2.65. The number of hydrogen-bond acceptors (Lipinski definition) is 8. The van der Waals surface area contributed by atoms with E-state index in [4.69, 9.17) is 22.9 Å². The van der Waals surface area contributed by atoms with Crippen LogP contribution in [0.2, 0.25) is 0 Å². The van der Waals surface area contributed by atoms with E-state index in [-0.39, 0.29) is 62.9 Å². The lowest BCUT2D eigenvalue weighted by molar-refractivity contribution is -0.134. The maximum absolute atomic E-state index is 13.8. The van der Waals surface area contributed by atoms with Crippen LogP contribution in [0.4, 0.5) is 0 Å². The van der Waals surface area contributed by atoms with Crippen LogP contribution in [0.15, 0.2) is 64.6 Å². The molecule has 14 N–H and O–H groups in total. The minimum absolute atomic E-state index is 0.00176. The van der Waals surface area contributed by atoms with Crippen molar-refractivity contribution in [2.75, 3.05) is 19.6 Å². The van der Waals surface area contributed by atoms with Gasteiger partial charge in [-0.15, -0.1) is 0 Å². The molecule has 17 nitrogen and oxygen atoms in total. The highest BCUT2D eigenvalue weighted by Crippen LogP contribution is 2.13. The van der Waals surface area contributed by atoms with Gasteiger partial charge in [0.15, 0.2) is 11.9 Å². The predicted molar refractivity (Wildman–Crippen MR) is 183 cm³/mol. The SMILES string of the molecule is NC(N)=NCCC[C@@H]1NC(=O)[C@H](CCCN=C(N)N)NC(=O)[C@@H](Cc2ccc(O)cc2)NC(=O)CNC(=O)[C@H](Cc2ccccc2)NC1=O. The molecule has 0 radical (unpaired) electrons. The Morgan fingerprint density at radius 2 is 1.06 bits per heavy atom. The van der Waals surface area contributed by atoms with Crippen molar-refractivity contribution < 1.29 is 29.1 Å². The van der Waals surface area contributed by atoms with Crippen LogP contribution in [-0.2, 0) is 36.8 Å². The normalized spacial score (nSPS) is 20.6. The van der Waals surface area contributed by atoms with E-state index in [1.165, 1.54) is 12.1 Å². The average molecular weight is 680 g/mol. The van der Waals surface area contributed by atoms with Gasteiger partial charge in [0.1, 0.15) is 29.9 Å². The summed E-state index contributed by atoms with van der Waals surface area (Å²) in [6, 6.07) is 10.4. The van der Waals surface area contributed by atoms with Gasteiger partial charge in [0, 0.05) is 25.9 Å². The summed E-state index contributed by atoms with van der Waals surface area (Å²) in [5, 5.41) is 23.0. The minimum atomic E-state index is -1.18. The third-order valence-corrected chi connectivity index (χ3v) is 7.52. The van der Waals surface area contributed by atoms with Crippen LogP contribution < -0.4 is 49.5 Å². The van der Waals surface area contributed by atoms with E-state index >= 15 is 0 Å². The Kier molecular flexibility index (Phi) is 14.6. The zero-order chi connectivity index (χ0) is 35.8. The second-order valence-electron chi connectivity index (χ2n) is 11.5. The van der Waals surface area contributed by atoms with Gasteiger partial charge in [-0.25, -0.2) is 0 Å². The number of phenols is 1. The molecule has 1 aliphatic heterocycles. The highest BCUT2D eigenvalue weighted by Gasteiger charge is 2.32. The van der Waals surface area contributed by atoms with E-state index in [1.54, 1.807) is 36.4 Å². The van der Waals surface area contributed by atoms with E-state index in [2.05, 4.69) is 36.6 Å². The third kappa shape index (κ3) is 13.4. The molecule has 4 atom stereocenters. The van der Waals surface area contributed by atoms with Gasteiger partial charge in [-0.1, -0.05) is 42.5 Å². The van der Waals surface area contributed by atoms with E-state index < -0.39 is 60.2 Å². The molecule has 1 fully saturated rings. The number of nitrogens with one attached hydrogen (secondary N) is 5. The molecule has 0 spiro atoms. The van der Waals surface area contributed by atoms with Crippen molar-refractivity contribution in [3.05, 3.63) is 65.7 Å². The van der Waals surface area contributed by atoms with Crippen LogP contribution in [0.3, 0.4) is 0 Å². The quantitative estimate of drug-likeness (QED) is 0.0631. The van der Waals surface area contributed by atoms with Gasteiger partial charge >= 0.3 is 0 Å². The molecule has 0 bridgehead atoms. The first kappa shape index (κ1) is 37.6. The average Bonchev–Trinajstić information content (AvgIpc) is 3.06. The number of benzene rings is 2. The summed E-state index contributed by atoms with van der Waals surface area (Å²) in [6.45, 7) is -0.172. The number of phenolic OH excluding ortho intramolecular Hbond substituents is 1. The van der Waals surface area contributed by atoms with Crippen LogP contribution in [0.5, 0.6) is 5.75 Å². The zero-order valence-corrected chi connectivity index (χ0v) is 27.1. The lowest BCUT2D eigenvalue weighted by atomic mass is 10.0. The Morgan fingerprint density at radius 3 is 1.57 bits per heavy atom. The van der Waals surface area contributed by atoms with Gasteiger partial charge in [0.05, 0.1) is 6.54 Å². The van der Waals surface area contributed by atoms with E-state index in [1.807, 2.05) is 6.07 Å². The maximum atomic E-state index is 13.8. The number of nitrogens with two attached hydrogens (primary N) is 4. The number of amides is 5. The van der Waals surface area contributed by atoms with Crippen LogP contribution in [0.1, 0.15) is 36.8 Å². The second-order valence-corrected chi connectivity index (χ2v) is 11.5. The van der Waals surface area contributed by atoms with E-state index in [0.29, 0.717) is 12.0 Å². The summed E-state index contributed by atoms with van der Waals surface area (Å²) in [6.07, 6.45) is 0.827. The highest BCUT2D eigenvalue weighted by molar-refractivity contribution is 5.97. The number of aromatic hydroxyl groups is 1. The molecule has 1 saturated heterocycles. The molecule has 2 aromatic rings. The maximum Gasteiger partial charge on any atom is 0.243 e. The molecular weight excluding hydrogens is 634 g/mol. The van der Waals surface area contributed by atoms with E-state index in [9.17, 15) is 29.1 Å². The first-order valence-electron chi connectivity index (χ1n) is 15.8. The number of carbonyl (C=O) groups excluding carboxylic acids is 5. The number of guanidine groups is 2. The van der Waals surface area contributed by atoms with Crippen molar-refractivity contribution in [2.45, 2.75) is 62.7 Å². The summed E-state index contributed by atoms with van der Waals surface area (Å²) in [7, 11) is 0. The van der Waals surface area contributed by atoms with Crippen LogP contribution in [0, 0.1) is 0 Å². The van der Waals surface area contributed by atoms with Crippen molar-refractivity contribution in [1.82, 2.24) is 26.6 Å². The van der Waals surface area contributed by atoms with Crippen LogP contribution >= 0.6 is 0 Å². The van der Waals surface area contributed by atoms with Crippen molar-refractivity contribution in [3.63, 3.8) is 0 Å². The Morgan fingerprint density at radius 1 is 0.612 bits per heavy atom. The number of rotatable bonds is 12. The van der Waals surface area contributed by atoms with Crippen molar-refractivity contribution in [1.29, 1.82) is 0 Å². The Balaban J connectivity index is 1.97. The molecule has 1 heterocycles. The summed E-state index contributed by atoms with van der Waals surface area (Å²) < 4.78 is 0. The Hall–Kier alpha value is -5.87. The highest BCUT2D eigenvalue weighted by atomic mass is 16.3. The molecule has 0 saturated carbocycles. The van der Waals surface area contributed by atoms with E-state index in [0.717, 1.165) is 5.56 Å². The molecule has 2 aromatic carbocycles. The molecule has 5 amide bonds. The molecular formula is C32H45N11O6. The summed E-state index contributed by atoms with van der Waals surface area (Å²) in [5.41, 5.74) is 23.1.